The minimum atomic E-state index is 0.719. The minimum Gasteiger partial charge on any atom is -0.383 e. The summed E-state index contributed by atoms with van der Waals surface area (Å²) >= 11 is 0. The van der Waals surface area contributed by atoms with Gasteiger partial charge in [-0.3, -0.25) is 9.36 Å². The van der Waals surface area contributed by atoms with Crippen molar-refractivity contribution < 1.29 is 4.74 Å². The van der Waals surface area contributed by atoms with Crippen LogP contribution in [0.4, 0.5) is 0 Å². The molecule has 1 N–H and O–H groups in total. The van der Waals surface area contributed by atoms with Crippen molar-refractivity contribution in [3.8, 4) is 0 Å². The highest BCUT2D eigenvalue weighted by molar-refractivity contribution is 5.06. The lowest BCUT2D eigenvalue weighted by Crippen LogP contribution is -2.19. The van der Waals surface area contributed by atoms with Gasteiger partial charge in [-0.1, -0.05) is 0 Å². The van der Waals surface area contributed by atoms with E-state index in [4.69, 9.17) is 4.74 Å². The van der Waals surface area contributed by atoms with Gasteiger partial charge in [0.1, 0.15) is 0 Å². The fourth-order valence-corrected chi connectivity index (χ4v) is 1.82. The van der Waals surface area contributed by atoms with Gasteiger partial charge in [-0.15, -0.1) is 0 Å². The quantitative estimate of drug-likeness (QED) is 0.718. The number of nitrogens with zero attached hydrogens (tertiary/aromatic N) is 4. The largest absolute Gasteiger partial charge is 0.383 e. The van der Waals surface area contributed by atoms with Crippen LogP contribution in [0, 0.1) is 0 Å². The Labute approximate surface area is 113 Å². The number of hydrogen-bond donors (Lipinski definition) is 1. The first kappa shape index (κ1) is 13.8. The first-order valence-corrected chi connectivity index (χ1v) is 6.55. The highest BCUT2D eigenvalue weighted by atomic mass is 16.5. The summed E-state index contributed by atoms with van der Waals surface area (Å²) < 4.78 is 8.84. The van der Waals surface area contributed by atoms with Gasteiger partial charge in [0.25, 0.3) is 0 Å². The first-order valence-electron chi connectivity index (χ1n) is 6.55. The molecule has 0 amide bonds. The molecule has 0 aliphatic heterocycles. The molecule has 6 nitrogen and oxygen atoms in total. The van der Waals surface area contributed by atoms with Gasteiger partial charge in [0.05, 0.1) is 25.0 Å². The van der Waals surface area contributed by atoms with Crippen LogP contribution < -0.4 is 5.32 Å². The summed E-state index contributed by atoms with van der Waals surface area (Å²) in [6.45, 7) is 6.06. The second-order valence-corrected chi connectivity index (χ2v) is 4.38. The maximum Gasteiger partial charge on any atom is 0.0762 e. The molecule has 2 aromatic rings. The molecule has 0 bridgehead atoms. The third-order valence-electron chi connectivity index (χ3n) is 2.84. The number of ether oxygens (including phenoxy) is 1. The van der Waals surface area contributed by atoms with Gasteiger partial charge in [0.15, 0.2) is 0 Å². The van der Waals surface area contributed by atoms with E-state index in [0.717, 1.165) is 38.5 Å². The second-order valence-electron chi connectivity index (χ2n) is 4.38. The highest BCUT2D eigenvalue weighted by Crippen LogP contribution is 2.02. The smallest absolute Gasteiger partial charge is 0.0762 e. The van der Waals surface area contributed by atoms with Crippen LogP contribution in [0.5, 0.6) is 0 Å². The molecule has 104 valence electrons. The number of aryl methyl sites for hydroxylation is 1. The molecule has 2 aromatic heterocycles. The van der Waals surface area contributed by atoms with E-state index >= 15 is 0 Å². The van der Waals surface area contributed by atoms with Gasteiger partial charge in [-0.25, -0.2) is 0 Å². The zero-order valence-corrected chi connectivity index (χ0v) is 11.5. The van der Waals surface area contributed by atoms with Crippen molar-refractivity contribution in [3.05, 3.63) is 35.9 Å². The van der Waals surface area contributed by atoms with Gasteiger partial charge in [-0.2, -0.15) is 10.2 Å². The van der Waals surface area contributed by atoms with Crippen LogP contribution >= 0.6 is 0 Å². The molecule has 0 saturated carbocycles. The molecule has 0 aliphatic carbocycles. The van der Waals surface area contributed by atoms with Crippen molar-refractivity contribution in [3.63, 3.8) is 0 Å². The Balaban J connectivity index is 1.83. The van der Waals surface area contributed by atoms with Crippen LogP contribution in [-0.4, -0.2) is 39.8 Å². The Morgan fingerprint density at radius 3 is 3.00 bits per heavy atom. The number of rotatable bonds is 8. The molecular formula is C13H21N5O. The van der Waals surface area contributed by atoms with Gasteiger partial charge in [-0.05, 0) is 13.0 Å². The summed E-state index contributed by atoms with van der Waals surface area (Å²) in [6.07, 6.45) is 5.94. The van der Waals surface area contributed by atoms with Crippen LogP contribution in [0.15, 0.2) is 24.7 Å². The van der Waals surface area contributed by atoms with E-state index in [1.54, 1.807) is 7.11 Å². The fourth-order valence-electron chi connectivity index (χ4n) is 1.82. The summed E-state index contributed by atoms with van der Waals surface area (Å²) in [5.74, 6) is 0. The van der Waals surface area contributed by atoms with E-state index in [1.165, 1.54) is 5.56 Å². The SMILES string of the molecule is CCn1cc(Cn2ccc(CNCCOC)n2)cn1. The molecule has 0 aromatic carbocycles. The molecule has 2 rings (SSSR count). The third kappa shape index (κ3) is 4.18. The second kappa shape index (κ2) is 7.06. The highest BCUT2D eigenvalue weighted by Gasteiger charge is 2.02. The summed E-state index contributed by atoms with van der Waals surface area (Å²) in [6, 6.07) is 2.03. The van der Waals surface area contributed by atoms with Crippen molar-refractivity contribution in [1.29, 1.82) is 0 Å². The van der Waals surface area contributed by atoms with Crippen LogP contribution in [0.1, 0.15) is 18.2 Å². The molecular weight excluding hydrogens is 242 g/mol. The standard InChI is InChI=1S/C13H21N5O/c1-3-17-10-12(8-15-17)11-18-6-4-13(16-18)9-14-5-7-19-2/h4,6,8,10,14H,3,5,7,9,11H2,1-2H3. The summed E-state index contributed by atoms with van der Waals surface area (Å²) in [5.41, 5.74) is 2.21. The Morgan fingerprint density at radius 1 is 1.37 bits per heavy atom. The normalized spacial score (nSPS) is 11.1. The molecule has 0 fully saturated rings. The van der Waals surface area contributed by atoms with Gasteiger partial charge >= 0.3 is 0 Å². The zero-order valence-electron chi connectivity index (χ0n) is 11.5. The van der Waals surface area contributed by atoms with Crippen molar-refractivity contribution in [1.82, 2.24) is 24.9 Å². The van der Waals surface area contributed by atoms with Crippen molar-refractivity contribution in [2.75, 3.05) is 20.3 Å². The number of nitrogens with one attached hydrogen (secondary N) is 1. The molecule has 0 atom stereocenters. The lowest BCUT2D eigenvalue weighted by Gasteiger charge is -2.01. The summed E-state index contributed by atoms with van der Waals surface area (Å²) in [5, 5.41) is 12.0. The van der Waals surface area contributed by atoms with Gasteiger partial charge < -0.3 is 10.1 Å². The fraction of sp³-hybridized carbons (Fsp3) is 0.538. The van der Waals surface area contributed by atoms with Gasteiger partial charge in [0, 0.05) is 44.7 Å². The maximum atomic E-state index is 4.98. The van der Waals surface area contributed by atoms with Crippen molar-refractivity contribution in [2.24, 2.45) is 0 Å². The number of hydrogen-bond acceptors (Lipinski definition) is 4. The number of methoxy groups -OCH3 is 1. The van der Waals surface area contributed by atoms with E-state index in [0.29, 0.717) is 0 Å². The molecule has 19 heavy (non-hydrogen) atoms. The zero-order chi connectivity index (χ0) is 13.5. The maximum absolute atomic E-state index is 4.98. The molecule has 0 unspecified atom stereocenters. The third-order valence-corrected chi connectivity index (χ3v) is 2.84. The number of aromatic nitrogens is 4. The van der Waals surface area contributed by atoms with E-state index in [9.17, 15) is 0 Å². The summed E-state index contributed by atoms with van der Waals surface area (Å²) in [4.78, 5) is 0. The predicted molar refractivity (Wildman–Crippen MR) is 72.8 cm³/mol. The topological polar surface area (TPSA) is 56.9 Å². The Morgan fingerprint density at radius 2 is 2.26 bits per heavy atom. The van der Waals surface area contributed by atoms with Crippen LogP contribution in [0.25, 0.3) is 0 Å². The van der Waals surface area contributed by atoms with Crippen molar-refractivity contribution >= 4 is 0 Å². The van der Waals surface area contributed by atoms with Crippen LogP contribution in [0.3, 0.4) is 0 Å². The van der Waals surface area contributed by atoms with Crippen LogP contribution in [-0.2, 0) is 24.4 Å². The molecule has 0 aliphatic rings. The van der Waals surface area contributed by atoms with Crippen LogP contribution in [0.2, 0.25) is 0 Å². The first-order chi connectivity index (χ1) is 9.31. The molecule has 0 saturated heterocycles. The van der Waals surface area contributed by atoms with E-state index in [-0.39, 0.29) is 0 Å². The predicted octanol–water partition coefficient (Wildman–Crippen LogP) is 0.884. The van der Waals surface area contributed by atoms with E-state index in [2.05, 4.69) is 28.6 Å². The Kier molecular flexibility index (Phi) is 5.11. The molecule has 0 spiro atoms. The average Bonchev–Trinajstić information content (AvgIpc) is 3.05. The molecule has 2 heterocycles. The Hall–Kier alpha value is -1.66. The van der Waals surface area contributed by atoms with E-state index < -0.39 is 0 Å². The van der Waals surface area contributed by atoms with Gasteiger partial charge in [0.2, 0.25) is 0 Å². The average molecular weight is 263 g/mol. The van der Waals surface area contributed by atoms with Crippen molar-refractivity contribution in [2.45, 2.75) is 26.6 Å². The molecule has 0 radical (unpaired) electrons. The van der Waals surface area contributed by atoms with E-state index in [1.807, 2.05) is 27.8 Å². The monoisotopic (exact) mass is 263 g/mol. The lowest BCUT2D eigenvalue weighted by molar-refractivity contribution is 0.199. The lowest BCUT2D eigenvalue weighted by atomic mass is 10.4. The minimum absolute atomic E-state index is 0.719. The molecule has 6 heteroatoms. The Bertz CT molecular complexity index is 491. The summed E-state index contributed by atoms with van der Waals surface area (Å²) in [7, 11) is 1.70.